The zero-order valence-electron chi connectivity index (χ0n) is 20.8. The standard InChI is InChI=1S/C30H24FN3O4.ClH/c31-21-2-4-22(5-3-21)33-28(35)30(13-14-30)29(36)34-23-6-8-24(9-7-23)38-27-11-15-32-26-17-19(1-10-25(26)27)20-12-16-37-18-20;/h1-12,15,17H,13-14,16,18H2,(H,33,35)(H,34,36);1H. The Morgan fingerprint density at radius 1 is 0.897 bits per heavy atom. The lowest BCUT2D eigenvalue weighted by molar-refractivity contribution is -0.131. The third-order valence-corrected chi connectivity index (χ3v) is 6.84. The normalized spacial score (nSPS) is 15.2. The highest BCUT2D eigenvalue weighted by Gasteiger charge is 2.56. The van der Waals surface area contributed by atoms with Gasteiger partial charge in [-0.3, -0.25) is 14.6 Å². The predicted octanol–water partition coefficient (Wildman–Crippen LogP) is 6.36. The first-order chi connectivity index (χ1) is 18.5. The van der Waals surface area contributed by atoms with Crippen LogP contribution in [0.15, 0.2) is 85.1 Å². The van der Waals surface area contributed by atoms with Gasteiger partial charge in [-0.2, -0.15) is 0 Å². The number of carbonyl (C=O) groups excluding carboxylic acids is 2. The molecule has 2 amide bonds. The molecule has 1 fully saturated rings. The molecule has 1 saturated carbocycles. The molecular weight excluding hydrogens is 521 g/mol. The summed E-state index contributed by atoms with van der Waals surface area (Å²) in [5, 5.41) is 6.43. The van der Waals surface area contributed by atoms with E-state index in [1.54, 1.807) is 30.5 Å². The summed E-state index contributed by atoms with van der Waals surface area (Å²) in [5.74, 6) is 0.106. The van der Waals surface area contributed by atoms with E-state index in [1.165, 1.54) is 24.3 Å². The zero-order chi connectivity index (χ0) is 26.1. The van der Waals surface area contributed by atoms with Gasteiger partial charge in [-0.25, -0.2) is 4.39 Å². The highest BCUT2D eigenvalue weighted by molar-refractivity contribution is 6.16. The molecular formula is C30H25ClFN3O4. The largest absolute Gasteiger partial charge is 0.457 e. The second-order valence-corrected chi connectivity index (χ2v) is 9.41. The molecule has 0 saturated heterocycles. The van der Waals surface area contributed by atoms with Crippen molar-refractivity contribution >= 4 is 52.1 Å². The van der Waals surface area contributed by atoms with Crippen LogP contribution in [0.3, 0.4) is 0 Å². The number of anilines is 2. The molecule has 198 valence electrons. The Labute approximate surface area is 230 Å². The quantitative estimate of drug-likeness (QED) is 0.264. The predicted molar refractivity (Wildman–Crippen MR) is 150 cm³/mol. The fraction of sp³-hybridized carbons (Fsp3) is 0.167. The number of benzene rings is 3. The van der Waals surface area contributed by atoms with Crippen LogP contribution >= 0.6 is 12.4 Å². The SMILES string of the molecule is Cl.O=C(Nc1ccc(F)cc1)C1(C(=O)Nc2ccc(Oc3ccnc4cc(C5=CCOC5)ccc34)cc2)CC1. The van der Waals surface area contributed by atoms with E-state index in [0.717, 1.165) is 22.0 Å². The van der Waals surface area contributed by atoms with Crippen molar-refractivity contribution in [1.29, 1.82) is 0 Å². The minimum Gasteiger partial charge on any atom is -0.457 e. The minimum atomic E-state index is -1.13. The van der Waals surface area contributed by atoms with Gasteiger partial charge in [0.2, 0.25) is 11.8 Å². The number of rotatable bonds is 7. The lowest BCUT2D eigenvalue weighted by Crippen LogP contribution is -2.35. The van der Waals surface area contributed by atoms with E-state index >= 15 is 0 Å². The van der Waals surface area contributed by atoms with Crippen LogP contribution in [0.5, 0.6) is 11.5 Å². The van der Waals surface area contributed by atoms with Gasteiger partial charge in [0.25, 0.3) is 0 Å². The Morgan fingerprint density at radius 2 is 1.56 bits per heavy atom. The number of ether oxygens (including phenoxy) is 2. The summed E-state index contributed by atoms with van der Waals surface area (Å²) in [6.45, 7) is 1.23. The zero-order valence-corrected chi connectivity index (χ0v) is 21.6. The van der Waals surface area contributed by atoms with E-state index in [1.807, 2.05) is 24.3 Å². The molecule has 9 heteroatoms. The Balaban J connectivity index is 0.00000308. The smallest absolute Gasteiger partial charge is 0.240 e. The van der Waals surface area contributed by atoms with Gasteiger partial charge >= 0.3 is 0 Å². The van der Waals surface area contributed by atoms with Crippen LogP contribution in [0.25, 0.3) is 16.5 Å². The van der Waals surface area contributed by atoms with Crippen molar-refractivity contribution in [3.05, 3.63) is 96.4 Å². The summed E-state index contributed by atoms with van der Waals surface area (Å²) in [7, 11) is 0. The minimum absolute atomic E-state index is 0. The first kappa shape index (κ1) is 26.3. The van der Waals surface area contributed by atoms with Crippen LogP contribution in [-0.4, -0.2) is 30.0 Å². The fourth-order valence-corrected chi connectivity index (χ4v) is 4.45. The second-order valence-electron chi connectivity index (χ2n) is 9.41. The van der Waals surface area contributed by atoms with Gasteiger partial charge in [-0.1, -0.05) is 12.1 Å². The van der Waals surface area contributed by atoms with E-state index in [9.17, 15) is 14.0 Å². The van der Waals surface area contributed by atoms with Crippen molar-refractivity contribution in [3.63, 3.8) is 0 Å². The summed E-state index contributed by atoms with van der Waals surface area (Å²) < 4.78 is 24.7. The molecule has 0 atom stereocenters. The van der Waals surface area contributed by atoms with Crippen molar-refractivity contribution in [2.75, 3.05) is 23.8 Å². The molecule has 1 aliphatic carbocycles. The number of amides is 2. The summed E-state index contributed by atoms with van der Waals surface area (Å²) in [6.07, 6.45) is 4.69. The van der Waals surface area contributed by atoms with Crippen molar-refractivity contribution in [2.45, 2.75) is 12.8 Å². The maximum atomic E-state index is 13.1. The molecule has 2 heterocycles. The van der Waals surface area contributed by atoms with Crippen molar-refractivity contribution < 1.29 is 23.5 Å². The molecule has 3 aromatic carbocycles. The average molecular weight is 546 g/mol. The number of halogens is 2. The molecule has 0 bridgehead atoms. The number of fused-ring (bicyclic) bond motifs is 1. The van der Waals surface area contributed by atoms with Gasteiger partial charge in [0.05, 0.1) is 18.7 Å². The highest BCUT2D eigenvalue weighted by atomic mass is 35.5. The monoisotopic (exact) mass is 545 g/mol. The number of aromatic nitrogens is 1. The average Bonchev–Trinajstić information content (AvgIpc) is 3.57. The maximum absolute atomic E-state index is 13.1. The van der Waals surface area contributed by atoms with Crippen LogP contribution in [0, 0.1) is 11.2 Å². The van der Waals surface area contributed by atoms with Gasteiger partial charge in [-0.15, -0.1) is 12.4 Å². The number of hydrogen-bond acceptors (Lipinski definition) is 5. The molecule has 4 aromatic rings. The van der Waals surface area contributed by atoms with Crippen LogP contribution in [-0.2, 0) is 14.3 Å². The number of carbonyl (C=O) groups is 2. The fourth-order valence-electron chi connectivity index (χ4n) is 4.45. The van der Waals surface area contributed by atoms with Crippen LogP contribution < -0.4 is 15.4 Å². The molecule has 2 N–H and O–H groups in total. The Morgan fingerprint density at radius 3 is 2.18 bits per heavy atom. The summed E-state index contributed by atoms with van der Waals surface area (Å²) >= 11 is 0. The maximum Gasteiger partial charge on any atom is 0.240 e. The van der Waals surface area contributed by atoms with Gasteiger partial charge < -0.3 is 20.1 Å². The van der Waals surface area contributed by atoms with Gasteiger partial charge in [-0.05, 0) is 90.7 Å². The van der Waals surface area contributed by atoms with Gasteiger partial charge in [0.1, 0.15) is 22.7 Å². The second kappa shape index (κ2) is 10.8. The van der Waals surface area contributed by atoms with Crippen LogP contribution in [0.1, 0.15) is 18.4 Å². The molecule has 1 aromatic heterocycles. The molecule has 6 rings (SSSR count). The number of nitrogens with one attached hydrogen (secondary N) is 2. The van der Waals surface area contributed by atoms with Crippen molar-refractivity contribution in [2.24, 2.45) is 5.41 Å². The van der Waals surface area contributed by atoms with E-state index in [0.29, 0.717) is 48.9 Å². The Hall–Kier alpha value is -4.27. The highest BCUT2D eigenvalue weighted by Crippen LogP contribution is 2.47. The third-order valence-electron chi connectivity index (χ3n) is 6.84. The summed E-state index contributed by atoms with van der Waals surface area (Å²) in [4.78, 5) is 30.2. The van der Waals surface area contributed by atoms with Gasteiger partial charge in [0.15, 0.2) is 0 Å². The van der Waals surface area contributed by atoms with Crippen molar-refractivity contribution in [1.82, 2.24) is 4.98 Å². The first-order valence-electron chi connectivity index (χ1n) is 12.3. The molecule has 1 aliphatic heterocycles. The lowest BCUT2D eigenvalue weighted by Gasteiger charge is -2.16. The van der Waals surface area contributed by atoms with Crippen LogP contribution in [0.2, 0.25) is 0 Å². The molecule has 2 aliphatic rings. The lowest BCUT2D eigenvalue weighted by atomic mass is 10.0. The van der Waals surface area contributed by atoms with Crippen LogP contribution in [0.4, 0.5) is 15.8 Å². The number of nitrogens with zero attached hydrogens (tertiary/aromatic N) is 1. The van der Waals surface area contributed by atoms with E-state index < -0.39 is 17.1 Å². The van der Waals surface area contributed by atoms with E-state index in [4.69, 9.17) is 9.47 Å². The number of pyridine rings is 1. The molecule has 39 heavy (non-hydrogen) atoms. The number of hydrogen-bond donors (Lipinski definition) is 2. The van der Waals surface area contributed by atoms with Crippen molar-refractivity contribution in [3.8, 4) is 11.5 Å². The van der Waals surface area contributed by atoms with E-state index in [-0.39, 0.29) is 18.3 Å². The summed E-state index contributed by atoms with van der Waals surface area (Å²) in [6, 6.07) is 20.3. The Bertz CT molecular complexity index is 1570. The topological polar surface area (TPSA) is 89.6 Å². The summed E-state index contributed by atoms with van der Waals surface area (Å²) in [5.41, 5.74) is 2.93. The first-order valence-corrected chi connectivity index (χ1v) is 12.3. The van der Waals surface area contributed by atoms with Gasteiger partial charge in [0, 0.05) is 23.0 Å². The third kappa shape index (κ3) is 5.48. The molecule has 7 nitrogen and oxygen atoms in total. The van der Waals surface area contributed by atoms with E-state index in [2.05, 4.69) is 21.7 Å². The Kier molecular flexibility index (Phi) is 7.32. The molecule has 0 unspecified atom stereocenters. The molecule has 0 radical (unpaired) electrons. The molecule has 0 spiro atoms.